The molecule has 0 bridgehead atoms. The van der Waals surface area contributed by atoms with E-state index in [4.69, 9.17) is 0 Å². The number of hydrogen-bond acceptors (Lipinski definition) is 4. The van der Waals surface area contributed by atoms with E-state index in [9.17, 15) is 8.42 Å². The van der Waals surface area contributed by atoms with Crippen molar-refractivity contribution in [3.05, 3.63) is 0 Å². The van der Waals surface area contributed by atoms with E-state index in [0.717, 1.165) is 24.8 Å². The van der Waals surface area contributed by atoms with E-state index in [0.29, 0.717) is 5.75 Å². The van der Waals surface area contributed by atoms with Crippen LogP contribution >= 0.6 is 11.8 Å². The molecule has 3 nitrogen and oxygen atoms in total. The maximum Gasteiger partial charge on any atom is 0.147 e. The quantitative estimate of drug-likeness (QED) is 0.723. The summed E-state index contributed by atoms with van der Waals surface area (Å²) >= 11 is 2.05. The molecule has 0 aromatic rings. The molecule has 15 heavy (non-hydrogen) atoms. The fourth-order valence-corrected chi connectivity index (χ4v) is 3.63. The Kier molecular flexibility index (Phi) is 6.00. The van der Waals surface area contributed by atoms with Gasteiger partial charge in [0.25, 0.3) is 0 Å². The summed E-state index contributed by atoms with van der Waals surface area (Å²) in [4.78, 5) is 0. The van der Waals surface area contributed by atoms with Crippen molar-refractivity contribution in [2.45, 2.75) is 30.9 Å². The van der Waals surface area contributed by atoms with Crippen molar-refractivity contribution in [1.82, 2.24) is 5.32 Å². The van der Waals surface area contributed by atoms with Crippen molar-refractivity contribution in [1.29, 1.82) is 0 Å². The van der Waals surface area contributed by atoms with E-state index in [2.05, 4.69) is 5.32 Å². The van der Waals surface area contributed by atoms with Gasteiger partial charge in [0.15, 0.2) is 0 Å². The van der Waals surface area contributed by atoms with Crippen LogP contribution < -0.4 is 5.32 Å². The molecule has 0 saturated carbocycles. The summed E-state index contributed by atoms with van der Waals surface area (Å²) in [5.74, 6) is 1.59. The van der Waals surface area contributed by atoms with Crippen LogP contribution in [0.25, 0.3) is 0 Å². The number of nitrogens with one attached hydrogen (secondary N) is 1. The van der Waals surface area contributed by atoms with Crippen LogP contribution in [0, 0.1) is 0 Å². The Morgan fingerprint density at radius 1 is 1.40 bits per heavy atom. The van der Waals surface area contributed by atoms with Crippen molar-refractivity contribution < 1.29 is 8.42 Å². The lowest BCUT2D eigenvalue weighted by Crippen LogP contribution is -2.28. The van der Waals surface area contributed by atoms with Gasteiger partial charge in [0.2, 0.25) is 0 Å². The van der Waals surface area contributed by atoms with Crippen LogP contribution in [0.1, 0.15) is 25.7 Å². The van der Waals surface area contributed by atoms with Gasteiger partial charge in [-0.05, 0) is 31.6 Å². The van der Waals surface area contributed by atoms with E-state index >= 15 is 0 Å². The first kappa shape index (κ1) is 13.3. The molecule has 0 radical (unpaired) electrons. The molecule has 1 rings (SSSR count). The largest absolute Gasteiger partial charge is 0.316 e. The normalized spacial score (nSPS) is 22.9. The van der Waals surface area contributed by atoms with Crippen LogP contribution in [0.15, 0.2) is 0 Å². The highest BCUT2D eigenvalue weighted by atomic mass is 32.2. The second-order valence-corrected chi connectivity index (χ2v) is 7.84. The molecule has 1 saturated heterocycles. The Morgan fingerprint density at radius 2 is 2.20 bits per heavy atom. The van der Waals surface area contributed by atoms with Crippen LogP contribution in [0.2, 0.25) is 0 Å². The summed E-state index contributed by atoms with van der Waals surface area (Å²) in [5, 5.41) is 4.09. The zero-order valence-electron chi connectivity index (χ0n) is 9.37. The fraction of sp³-hybridized carbons (Fsp3) is 1.00. The number of thioether (sulfide) groups is 1. The molecule has 90 valence electrons. The van der Waals surface area contributed by atoms with Crippen LogP contribution in [0.5, 0.6) is 0 Å². The molecule has 1 atom stereocenters. The molecule has 0 amide bonds. The zero-order chi connectivity index (χ0) is 11.1. The van der Waals surface area contributed by atoms with Crippen LogP contribution in [0.3, 0.4) is 0 Å². The topological polar surface area (TPSA) is 46.2 Å². The van der Waals surface area contributed by atoms with Gasteiger partial charge in [0.05, 0.1) is 5.75 Å². The zero-order valence-corrected chi connectivity index (χ0v) is 11.0. The number of hydrogen-bond donors (Lipinski definition) is 1. The van der Waals surface area contributed by atoms with E-state index in [1.54, 1.807) is 0 Å². The van der Waals surface area contributed by atoms with Crippen LogP contribution in [-0.4, -0.2) is 44.5 Å². The summed E-state index contributed by atoms with van der Waals surface area (Å²) < 4.78 is 21.7. The number of rotatable bonds is 6. The maximum absolute atomic E-state index is 10.9. The highest BCUT2D eigenvalue weighted by molar-refractivity contribution is 7.99. The molecule has 1 fully saturated rings. The molecule has 1 heterocycles. The van der Waals surface area contributed by atoms with Gasteiger partial charge >= 0.3 is 0 Å². The average Bonchev–Trinajstić information content (AvgIpc) is 2.17. The summed E-state index contributed by atoms with van der Waals surface area (Å²) in [6, 6.07) is 0. The van der Waals surface area contributed by atoms with Gasteiger partial charge in [0.1, 0.15) is 9.84 Å². The molecule has 5 heteroatoms. The lowest BCUT2D eigenvalue weighted by Gasteiger charge is -2.21. The minimum atomic E-state index is -2.77. The van der Waals surface area contributed by atoms with Crippen molar-refractivity contribution in [2.75, 3.05) is 30.9 Å². The lowest BCUT2D eigenvalue weighted by molar-refractivity contribution is 0.582. The molecular formula is C10H21NO2S2. The minimum Gasteiger partial charge on any atom is -0.316 e. The first-order valence-electron chi connectivity index (χ1n) is 5.58. The molecule has 0 aromatic heterocycles. The van der Waals surface area contributed by atoms with Gasteiger partial charge in [-0.2, -0.15) is 11.8 Å². The Bertz CT molecular complexity index is 259. The molecule has 0 spiro atoms. The minimum absolute atomic E-state index is 0.303. The monoisotopic (exact) mass is 251 g/mol. The first-order valence-corrected chi connectivity index (χ1v) is 8.69. The summed E-state index contributed by atoms with van der Waals surface area (Å²) in [6.45, 7) is 1.86. The van der Waals surface area contributed by atoms with Crippen molar-refractivity contribution in [2.24, 2.45) is 0 Å². The Hall–Kier alpha value is 0.260. The predicted octanol–water partition coefficient (Wildman–Crippen LogP) is 1.30. The smallest absolute Gasteiger partial charge is 0.147 e. The fourth-order valence-electron chi connectivity index (χ4n) is 1.69. The average molecular weight is 251 g/mol. The Balaban J connectivity index is 1.96. The third-order valence-electron chi connectivity index (χ3n) is 2.51. The highest BCUT2D eigenvalue weighted by Gasteiger charge is 2.12. The predicted molar refractivity (Wildman–Crippen MR) is 67.3 cm³/mol. The van der Waals surface area contributed by atoms with Gasteiger partial charge in [-0.15, -0.1) is 0 Å². The highest BCUT2D eigenvalue weighted by Crippen LogP contribution is 2.24. The van der Waals surface area contributed by atoms with Gasteiger partial charge in [0, 0.05) is 18.1 Å². The van der Waals surface area contributed by atoms with Crippen LogP contribution in [-0.2, 0) is 9.84 Å². The van der Waals surface area contributed by atoms with Crippen molar-refractivity contribution in [3.63, 3.8) is 0 Å². The van der Waals surface area contributed by atoms with Gasteiger partial charge in [-0.25, -0.2) is 8.42 Å². The van der Waals surface area contributed by atoms with E-state index in [1.807, 2.05) is 11.8 Å². The third-order valence-corrected chi connectivity index (χ3v) is 4.94. The first-order chi connectivity index (χ1) is 7.08. The van der Waals surface area contributed by atoms with E-state index in [-0.39, 0.29) is 0 Å². The standard InChI is InChI=1S/C10H21NO2S2/c1-15(12,13)8-4-6-11-9-10-5-2-3-7-14-10/h10-11H,2-9H2,1H3. The molecule has 1 aliphatic heterocycles. The summed E-state index contributed by atoms with van der Waals surface area (Å²) in [6.07, 6.45) is 6.04. The van der Waals surface area contributed by atoms with E-state index in [1.165, 1.54) is 31.3 Å². The third kappa shape index (κ3) is 7.19. The number of sulfone groups is 1. The summed E-state index contributed by atoms with van der Waals surface area (Å²) in [5.41, 5.74) is 0. The lowest BCUT2D eigenvalue weighted by atomic mass is 10.2. The van der Waals surface area contributed by atoms with E-state index < -0.39 is 9.84 Å². The molecule has 0 aliphatic carbocycles. The van der Waals surface area contributed by atoms with Gasteiger partial charge < -0.3 is 5.32 Å². The molecular weight excluding hydrogens is 230 g/mol. The Morgan fingerprint density at radius 3 is 2.80 bits per heavy atom. The molecule has 1 aliphatic rings. The SMILES string of the molecule is CS(=O)(=O)CCCNCC1CCCCS1. The van der Waals surface area contributed by atoms with Gasteiger partial charge in [-0.1, -0.05) is 6.42 Å². The molecule has 0 aromatic carbocycles. The second kappa shape index (κ2) is 6.76. The Labute approximate surface area is 97.3 Å². The molecule has 1 N–H and O–H groups in total. The second-order valence-electron chi connectivity index (χ2n) is 4.18. The molecule has 1 unspecified atom stereocenters. The summed E-state index contributed by atoms with van der Waals surface area (Å²) in [7, 11) is -2.77. The van der Waals surface area contributed by atoms with Crippen LogP contribution in [0.4, 0.5) is 0 Å². The maximum atomic E-state index is 10.9. The van der Waals surface area contributed by atoms with Crippen molar-refractivity contribution >= 4 is 21.6 Å². The van der Waals surface area contributed by atoms with Gasteiger partial charge in [-0.3, -0.25) is 0 Å². The van der Waals surface area contributed by atoms with Crippen molar-refractivity contribution in [3.8, 4) is 0 Å².